The van der Waals surface area contributed by atoms with Gasteiger partial charge < -0.3 is 25.7 Å². The molecule has 2 heterocycles. The molecule has 4 rings (SSSR count). The molecular weight excluding hydrogens is 339 g/mol. The van der Waals surface area contributed by atoms with Crippen LogP contribution in [0, 0.1) is 5.82 Å². The molecule has 4 N–H and O–H groups in total. The fraction of sp³-hybridized carbons (Fsp3) is 0.222. The van der Waals surface area contributed by atoms with Crippen LogP contribution >= 0.6 is 0 Å². The molecule has 0 radical (unpaired) electrons. The van der Waals surface area contributed by atoms with E-state index in [1.807, 2.05) is 6.92 Å². The van der Waals surface area contributed by atoms with Gasteiger partial charge in [0.25, 0.3) is 0 Å². The van der Waals surface area contributed by atoms with E-state index < -0.39 is 5.82 Å². The minimum absolute atomic E-state index is 0.0550. The molecule has 7 nitrogen and oxygen atoms in total. The highest BCUT2D eigenvalue weighted by atomic mass is 19.1. The summed E-state index contributed by atoms with van der Waals surface area (Å²) in [6.07, 6.45) is 0. The summed E-state index contributed by atoms with van der Waals surface area (Å²) in [5.74, 6) is 1.65. The zero-order chi connectivity index (χ0) is 18.4. The fourth-order valence-corrected chi connectivity index (χ4v) is 3.13. The van der Waals surface area contributed by atoms with Crippen LogP contribution in [0.2, 0.25) is 0 Å². The molecule has 1 atom stereocenters. The van der Waals surface area contributed by atoms with Gasteiger partial charge in [-0.25, -0.2) is 9.37 Å². The number of hydrogen-bond donors (Lipinski definition) is 2. The molecule has 8 heteroatoms. The summed E-state index contributed by atoms with van der Waals surface area (Å²) in [6, 6.07) is 5.87. The molecular formula is C18H17FN4O3. The standard InChI is InChI=1S/C18H17FN4O3/c1-8-7-25-16-14(8)13(6-12-15(16)17(20)23-18(21)22-12)26-11-4-9(19)3-10(5-11)24-2/h3-6,8H,7H2,1-2H3,(H4,20,21,22,23). The second kappa shape index (κ2) is 5.91. The van der Waals surface area contributed by atoms with Gasteiger partial charge in [0.05, 0.1) is 24.6 Å². The van der Waals surface area contributed by atoms with Crippen molar-refractivity contribution in [3.05, 3.63) is 35.6 Å². The molecule has 134 valence electrons. The lowest BCUT2D eigenvalue weighted by molar-refractivity contribution is 0.340. The number of fused-ring (bicyclic) bond motifs is 3. The predicted octanol–water partition coefficient (Wildman–Crippen LogP) is 3.23. The maximum atomic E-state index is 13.8. The van der Waals surface area contributed by atoms with Gasteiger partial charge in [-0.05, 0) is 0 Å². The molecule has 0 saturated heterocycles. The molecule has 0 fully saturated rings. The van der Waals surface area contributed by atoms with Gasteiger partial charge in [-0.3, -0.25) is 0 Å². The van der Waals surface area contributed by atoms with Gasteiger partial charge in [0, 0.05) is 35.7 Å². The zero-order valence-corrected chi connectivity index (χ0v) is 14.2. The van der Waals surface area contributed by atoms with Gasteiger partial charge in [-0.1, -0.05) is 6.92 Å². The highest BCUT2D eigenvalue weighted by Gasteiger charge is 2.29. The van der Waals surface area contributed by atoms with Gasteiger partial charge in [0.1, 0.15) is 34.6 Å². The molecule has 0 aliphatic carbocycles. The molecule has 0 saturated carbocycles. The number of nitrogens with zero attached hydrogens (tertiary/aromatic N) is 2. The first-order valence-corrected chi connectivity index (χ1v) is 8.01. The van der Waals surface area contributed by atoms with E-state index in [4.69, 9.17) is 25.7 Å². The third kappa shape index (κ3) is 2.59. The van der Waals surface area contributed by atoms with Crippen LogP contribution < -0.4 is 25.7 Å². The third-order valence-electron chi connectivity index (χ3n) is 4.27. The number of benzene rings is 2. The Kier molecular flexibility index (Phi) is 3.68. The van der Waals surface area contributed by atoms with Crippen molar-refractivity contribution in [2.24, 2.45) is 0 Å². The van der Waals surface area contributed by atoms with E-state index in [0.29, 0.717) is 40.5 Å². The second-order valence-electron chi connectivity index (χ2n) is 6.12. The first-order valence-electron chi connectivity index (χ1n) is 8.01. The topological polar surface area (TPSA) is 106 Å². The summed E-state index contributed by atoms with van der Waals surface area (Å²) in [5, 5.41) is 0.600. The van der Waals surface area contributed by atoms with Gasteiger partial charge in [-0.2, -0.15) is 4.98 Å². The van der Waals surface area contributed by atoms with Crippen molar-refractivity contribution in [1.82, 2.24) is 9.97 Å². The van der Waals surface area contributed by atoms with Crippen molar-refractivity contribution in [1.29, 1.82) is 0 Å². The van der Waals surface area contributed by atoms with Crippen molar-refractivity contribution < 1.29 is 18.6 Å². The van der Waals surface area contributed by atoms with E-state index in [-0.39, 0.29) is 17.7 Å². The predicted molar refractivity (Wildman–Crippen MR) is 95.3 cm³/mol. The molecule has 1 aliphatic heterocycles. The number of halogens is 1. The van der Waals surface area contributed by atoms with Gasteiger partial charge in [0.2, 0.25) is 5.95 Å². The number of nitrogens with two attached hydrogens (primary N) is 2. The van der Waals surface area contributed by atoms with Crippen LogP contribution in [0.4, 0.5) is 16.2 Å². The van der Waals surface area contributed by atoms with E-state index in [1.165, 1.54) is 19.2 Å². The van der Waals surface area contributed by atoms with Crippen molar-refractivity contribution in [2.75, 3.05) is 25.2 Å². The van der Waals surface area contributed by atoms with E-state index >= 15 is 0 Å². The fourth-order valence-electron chi connectivity index (χ4n) is 3.13. The third-order valence-corrected chi connectivity index (χ3v) is 4.27. The Morgan fingerprint density at radius 1 is 1.15 bits per heavy atom. The maximum Gasteiger partial charge on any atom is 0.222 e. The molecule has 1 aliphatic rings. The monoisotopic (exact) mass is 356 g/mol. The molecule has 1 unspecified atom stereocenters. The smallest absolute Gasteiger partial charge is 0.222 e. The molecule has 3 aromatic rings. The van der Waals surface area contributed by atoms with Crippen LogP contribution in [-0.4, -0.2) is 23.7 Å². The normalized spacial score (nSPS) is 15.6. The lowest BCUT2D eigenvalue weighted by Gasteiger charge is -2.15. The number of hydrogen-bond acceptors (Lipinski definition) is 7. The van der Waals surface area contributed by atoms with E-state index in [0.717, 1.165) is 5.56 Å². The quantitative estimate of drug-likeness (QED) is 0.742. The minimum atomic E-state index is -0.461. The molecule has 0 bridgehead atoms. The number of ether oxygens (including phenoxy) is 3. The van der Waals surface area contributed by atoms with Crippen LogP contribution in [0.25, 0.3) is 10.9 Å². The van der Waals surface area contributed by atoms with Crippen LogP contribution in [0.3, 0.4) is 0 Å². The Labute approximate surface area is 148 Å². The van der Waals surface area contributed by atoms with Crippen LogP contribution in [-0.2, 0) is 0 Å². The SMILES string of the molecule is COc1cc(F)cc(Oc2cc3nc(N)nc(N)c3c3c2C(C)CO3)c1. The van der Waals surface area contributed by atoms with E-state index in [1.54, 1.807) is 12.1 Å². The Hall–Kier alpha value is -3.29. The van der Waals surface area contributed by atoms with Crippen LogP contribution in [0.5, 0.6) is 23.0 Å². The summed E-state index contributed by atoms with van der Waals surface area (Å²) in [7, 11) is 1.46. The largest absolute Gasteiger partial charge is 0.497 e. The highest BCUT2D eigenvalue weighted by molar-refractivity contribution is 5.97. The average Bonchev–Trinajstić information content (AvgIpc) is 2.95. The number of rotatable bonds is 3. The number of aromatic nitrogens is 2. The summed E-state index contributed by atoms with van der Waals surface area (Å²) in [5.41, 5.74) is 13.1. The van der Waals surface area contributed by atoms with Gasteiger partial charge >= 0.3 is 0 Å². The highest BCUT2D eigenvalue weighted by Crippen LogP contribution is 2.48. The lowest BCUT2D eigenvalue weighted by atomic mass is 9.99. The summed E-state index contributed by atoms with van der Waals surface area (Å²) < 4.78 is 30.7. The summed E-state index contributed by atoms with van der Waals surface area (Å²) in [4.78, 5) is 8.23. The van der Waals surface area contributed by atoms with Crippen LogP contribution in [0.1, 0.15) is 18.4 Å². The summed E-state index contributed by atoms with van der Waals surface area (Å²) in [6.45, 7) is 2.48. The molecule has 0 amide bonds. The van der Waals surface area contributed by atoms with Crippen molar-refractivity contribution in [3.8, 4) is 23.0 Å². The second-order valence-corrected chi connectivity index (χ2v) is 6.12. The van der Waals surface area contributed by atoms with Crippen molar-refractivity contribution >= 4 is 22.7 Å². The molecule has 26 heavy (non-hydrogen) atoms. The Balaban J connectivity index is 1.90. The average molecular weight is 356 g/mol. The zero-order valence-electron chi connectivity index (χ0n) is 14.2. The van der Waals surface area contributed by atoms with Gasteiger partial charge in [0.15, 0.2) is 0 Å². The first-order chi connectivity index (χ1) is 12.5. The Morgan fingerprint density at radius 2 is 1.92 bits per heavy atom. The Morgan fingerprint density at radius 3 is 2.69 bits per heavy atom. The van der Waals surface area contributed by atoms with Gasteiger partial charge in [-0.15, -0.1) is 0 Å². The van der Waals surface area contributed by atoms with Crippen molar-refractivity contribution in [2.45, 2.75) is 12.8 Å². The Bertz CT molecular complexity index is 1030. The molecule has 2 aromatic carbocycles. The summed E-state index contributed by atoms with van der Waals surface area (Å²) >= 11 is 0. The van der Waals surface area contributed by atoms with Crippen LogP contribution in [0.15, 0.2) is 24.3 Å². The number of nitrogen functional groups attached to an aromatic ring is 2. The maximum absolute atomic E-state index is 13.8. The molecule has 0 spiro atoms. The van der Waals surface area contributed by atoms with E-state index in [2.05, 4.69) is 9.97 Å². The minimum Gasteiger partial charge on any atom is -0.497 e. The number of methoxy groups -OCH3 is 1. The van der Waals surface area contributed by atoms with Crippen molar-refractivity contribution in [3.63, 3.8) is 0 Å². The molecule has 1 aromatic heterocycles. The lowest BCUT2D eigenvalue weighted by Crippen LogP contribution is -2.02. The first kappa shape index (κ1) is 16.2. The number of anilines is 2. The van der Waals surface area contributed by atoms with E-state index in [9.17, 15) is 4.39 Å².